The maximum absolute atomic E-state index is 13.2. The molecule has 0 bridgehead atoms. The minimum absolute atomic E-state index is 0.178. The lowest BCUT2D eigenvalue weighted by Crippen LogP contribution is -2.17. The summed E-state index contributed by atoms with van der Waals surface area (Å²) in [4.78, 5) is 2.13. The van der Waals surface area contributed by atoms with E-state index in [0.717, 1.165) is 23.8 Å². The molecule has 0 atom stereocenters. The molecule has 0 amide bonds. The first kappa shape index (κ1) is 14.1. The molecular formula is C18H21FN2. The fourth-order valence-corrected chi connectivity index (χ4v) is 2.42. The third-order valence-electron chi connectivity index (χ3n) is 3.86. The van der Waals surface area contributed by atoms with Crippen LogP contribution in [-0.4, -0.2) is 13.1 Å². The highest BCUT2D eigenvalue weighted by Gasteiger charge is 2.19. The molecule has 0 heterocycles. The molecule has 3 rings (SSSR count). The summed E-state index contributed by atoms with van der Waals surface area (Å²) < 4.78 is 13.2. The van der Waals surface area contributed by atoms with Crippen LogP contribution in [0.2, 0.25) is 0 Å². The van der Waals surface area contributed by atoms with E-state index in [9.17, 15) is 4.39 Å². The summed E-state index contributed by atoms with van der Waals surface area (Å²) in [7, 11) is 2.03. The minimum atomic E-state index is -0.178. The van der Waals surface area contributed by atoms with E-state index in [2.05, 4.69) is 34.5 Å². The highest BCUT2D eigenvalue weighted by molar-refractivity contribution is 5.47. The second kappa shape index (κ2) is 6.27. The Morgan fingerprint density at radius 2 is 1.86 bits per heavy atom. The molecule has 0 aromatic heterocycles. The average molecular weight is 284 g/mol. The Hall–Kier alpha value is -1.87. The van der Waals surface area contributed by atoms with Gasteiger partial charge in [0, 0.05) is 31.9 Å². The van der Waals surface area contributed by atoms with Gasteiger partial charge in [-0.1, -0.05) is 24.3 Å². The van der Waals surface area contributed by atoms with Crippen LogP contribution >= 0.6 is 0 Å². The Morgan fingerprint density at radius 1 is 1.10 bits per heavy atom. The fraction of sp³-hybridized carbons (Fsp3) is 0.333. The zero-order valence-electron chi connectivity index (χ0n) is 12.3. The van der Waals surface area contributed by atoms with E-state index in [0.29, 0.717) is 6.54 Å². The van der Waals surface area contributed by atoms with Gasteiger partial charge in [-0.2, -0.15) is 0 Å². The van der Waals surface area contributed by atoms with E-state index in [1.807, 2.05) is 13.1 Å². The van der Waals surface area contributed by atoms with Crippen molar-refractivity contribution in [2.45, 2.75) is 32.0 Å². The van der Waals surface area contributed by atoms with Gasteiger partial charge < -0.3 is 10.2 Å². The normalized spacial score (nSPS) is 14.2. The molecule has 0 unspecified atom stereocenters. The number of hydrogen-bond acceptors (Lipinski definition) is 2. The SMILES string of the molecule is CN(Cc1cccc(F)c1)c1ccc(CNC2CC2)cc1. The first-order chi connectivity index (χ1) is 10.2. The van der Waals surface area contributed by atoms with Crippen LogP contribution < -0.4 is 10.2 Å². The third-order valence-corrected chi connectivity index (χ3v) is 3.86. The molecule has 3 heteroatoms. The molecule has 110 valence electrons. The summed E-state index contributed by atoms with van der Waals surface area (Å²) in [5.74, 6) is -0.178. The van der Waals surface area contributed by atoms with Crippen molar-refractivity contribution in [2.75, 3.05) is 11.9 Å². The van der Waals surface area contributed by atoms with Gasteiger partial charge in [-0.25, -0.2) is 4.39 Å². The largest absolute Gasteiger partial charge is 0.370 e. The molecule has 0 spiro atoms. The van der Waals surface area contributed by atoms with Crippen molar-refractivity contribution in [3.05, 3.63) is 65.5 Å². The van der Waals surface area contributed by atoms with Gasteiger partial charge in [-0.15, -0.1) is 0 Å². The average Bonchev–Trinajstić information content (AvgIpc) is 3.30. The highest BCUT2D eigenvalue weighted by Crippen LogP contribution is 2.20. The summed E-state index contributed by atoms with van der Waals surface area (Å²) >= 11 is 0. The van der Waals surface area contributed by atoms with Crippen LogP contribution in [-0.2, 0) is 13.1 Å². The molecule has 0 aliphatic heterocycles. The Labute approximate surface area is 125 Å². The van der Waals surface area contributed by atoms with E-state index >= 15 is 0 Å². The van der Waals surface area contributed by atoms with Crippen molar-refractivity contribution in [3.8, 4) is 0 Å². The third kappa shape index (κ3) is 4.05. The van der Waals surface area contributed by atoms with Gasteiger partial charge in [0.25, 0.3) is 0 Å². The van der Waals surface area contributed by atoms with Gasteiger partial charge in [-0.05, 0) is 48.2 Å². The standard InChI is InChI=1S/C18H21FN2/c1-21(13-15-3-2-4-16(19)11-15)18-9-5-14(6-10-18)12-20-17-7-8-17/h2-6,9-11,17,20H,7-8,12-13H2,1H3. The summed E-state index contributed by atoms with van der Waals surface area (Å²) in [5.41, 5.74) is 3.44. The molecule has 0 radical (unpaired) electrons. The number of nitrogens with zero attached hydrogens (tertiary/aromatic N) is 1. The lowest BCUT2D eigenvalue weighted by Gasteiger charge is -2.20. The molecule has 1 N–H and O–H groups in total. The quantitative estimate of drug-likeness (QED) is 0.870. The van der Waals surface area contributed by atoms with Gasteiger partial charge in [0.05, 0.1) is 0 Å². The van der Waals surface area contributed by atoms with E-state index in [-0.39, 0.29) is 5.82 Å². The molecule has 0 saturated heterocycles. The van der Waals surface area contributed by atoms with Crippen LogP contribution in [0.1, 0.15) is 24.0 Å². The Kier molecular flexibility index (Phi) is 4.20. The first-order valence-electron chi connectivity index (χ1n) is 7.48. The second-order valence-corrected chi connectivity index (χ2v) is 5.81. The number of rotatable bonds is 6. The maximum Gasteiger partial charge on any atom is 0.123 e. The Bertz CT molecular complexity index is 590. The van der Waals surface area contributed by atoms with E-state index in [1.165, 1.54) is 24.5 Å². The van der Waals surface area contributed by atoms with Crippen LogP contribution in [0.15, 0.2) is 48.5 Å². The van der Waals surface area contributed by atoms with Crippen LogP contribution in [0.4, 0.5) is 10.1 Å². The van der Waals surface area contributed by atoms with Crippen LogP contribution in [0.5, 0.6) is 0 Å². The minimum Gasteiger partial charge on any atom is -0.370 e. The molecule has 21 heavy (non-hydrogen) atoms. The molecule has 1 aliphatic rings. The summed E-state index contributed by atoms with van der Waals surface area (Å²) in [6.45, 7) is 1.65. The van der Waals surface area contributed by atoms with Crippen molar-refractivity contribution >= 4 is 5.69 Å². The number of benzene rings is 2. The van der Waals surface area contributed by atoms with Gasteiger partial charge >= 0.3 is 0 Å². The lowest BCUT2D eigenvalue weighted by atomic mass is 10.1. The maximum atomic E-state index is 13.2. The molecule has 2 aromatic rings. The van der Waals surface area contributed by atoms with Crippen molar-refractivity contribution < 1.29 is 4.39 Å². The number of anilines is 1. The molecule has 1 fully saturated rings. The predicted octanol–water partition coefficient (Wildman–Crippen LogP) is 3.71. The van der Waals surface area contributed by atoms with Crippen LogP contribution in [0.3, 0.4) is 0 Å². The zero-order valence-corrected chi connectivity index (χ0v) is 12.3. The Balaban J connectivity index is 1.59. The van der Waals surface area contributed by atoms with E-state index in [4.69, 9.17) is 0 Å². The van der Waals surface area contributed by atoms with E-state index < -0.39 is 0 Å². The summed E-state index contributed by atoms with van der Waals surface area (Å²) in [6, 6.07) is 16.1. The van der Waals surface area contributed by atoms with Gasteiger partial charge in [0.2, 0.25) is 0 Å². The molecule has 2 nitrogen and oxygen atoms in total. The number of nitrogens with one attached hydrogen (secondary N) is 1. The smallest absolute Gasteiger partial charge is 0.123 e. The highest BCUT2D eigenvalue weighted by atomic mass is 19.1. The van der Waals surface area contributed by atoms with Gasteiger partial charge in [0.15, 0.2) is 0 Å². The molecular weight excluding hydrogens is 263 g/mol. The Morgan fingerprint density at radius 3 is 2.52 bits per heavy atom. The number of halogens is 1. The first-order valence-corrected chi connectivity index (χ1v) is 7.48. The van der Waals surface area contributed by atoms with Crippen molar-refractivity contribution in [2.24, 2.45) is 0 Å². The van der Waals surface area contributed by atoms with E-state index in [1.54, 1.807) is 12.1 Å². The summed E-state index contributed by atoms with van der Waals surface area (Å²) in [6.07, 6.45) is 2.63. The monoisotopic (exact) mass is 284 g/mol. The molecule has 2 aromatic carbocycles. The van der Waals surface area contributed by atoms with Crippen LogP contribution in [0, 0.1) is 5.82 Å². The van der Waals surface area contributed by atoms with Crippen LogP contribution in [0.25, 0.3) is 0 Å². The predicted molar refractivity (Wildman–Crippen MR) is 84.8 cm³/mol. The van der Waals surface area contributed by atoms with Crippen molar-refractivity contribution in [1.82, 2.24) is 5.32 Å². The van der Waals surface area contributed by atoms with Gasteiger partial charge in [-0.3, -0.25) is 0 Å². The molecule has 1 aliphatic carbocycles. The zero-order chi connectivity index (χ0) is 14.7. The number of hydrogen-bond donors (Lipinski definition) is 1. The lowest BCUT2D eigenvalue weighted by molar-refractivity contribution is 0.625. The molecule has 1 saturated carbocycles. The van der Waals surface area contributed by atoms with Gasteiger partial charge in [0.1, 0.15) is 5.82 Å². The fourth-order valence-electron chi connectivity index (χ4n) is 2.42. The van der Waals surface area contributed by atoms with Crippen molar-refractivity contribution in [1.29, 1.82) is 0 Å². The second-order valence-electron chi connectivity index (χ2n) is 5.81. The van der Waals surface area contributed by atoms with Crippen molar-refractivity contribution in [3.63, 3.8) is 0 Å². The topological polar surface area (TPSA) is 15.3 Å². The summed E-state index contributed by atoms with van der Waals surface area (Å²) in [5, 5.41) is 3.51.